The molecular formula is C91H137BrO10. The van der Waals surface area contributed by atoms with E-state index in [-0.39, 0.29) is 38.7 Å². The summed E-state index contributed by atoms with van der Waals surface area (Å²) in [6, 6.07) is 62.2. The van der Waals surface area contributed by atoms with Crippen molar-refractivity contribution in [3.63, 3.8) is 0 Å². The van der Waals surface area contributed by atoms with E-state index >= 15 is 0 Å². The third-order valence-corrected chi connectivity index (χ3v) is 19.0. The molecule has 0 aliphatic rings. The molecule has 0 amide bonds. The molecule has 0 aromatic heterocycles. The quantitative estimate of drug-likeness (QED) is 0.0171. The molecule has 568 valence electrons. The predicted octanol–water partition coefficient (Wildman–Crippen LogP) is 24.2. The number of hydrogen-bond acceptors (Lipinski definition) is 10. The molecule has 0 bridgehead atoms. The van der Waals surface area contributed by atoms with Gasteiger partial charge in [0.05, 0.1) is 39.6 Å². The lowest BCUT2D eigenvalue weighted by molar-refractivity contribution is -0.144. The summed E-state index contributed by atoms with van der Waals surface area (Å²) in [5.41, 5.74) is 4.66. The molecule has 0 heterocycles. The van der Waals surface area contributed by atoms with Gasteiger partial charge in [-0.2, -0.15) is 0 Å². The number of aliphatic hydroxyl groups excluding tert-OH is 1. The SMILES string of the molecule is C.CCCCCCCCCCCCCCCCOCC(COC(c1ccccc1)(c1ccccc1)c1ccccc1)OCCCCC(=O)OCC.CCCCCCCCCCCCCCCCOCC(O)COC(c1ccccc1)(c1ccccc1)c1ccccc1.CCOC(=O)CCCCBr. The molecule has 0 aliphatic heterocycles. The Morgan fingerprint density at radius 3 is 0.892 bits per heavy atom. The van der Waals surface area contributed by atoms with Crippen LogP contribution in [0.4, 0.5) is 0 Å². The van der Waals surface area contributed by atoms with Gasteiger partial charge in [0, 0.05) is 38.0 Å². The molecule has 0 saturated heterocycles. The van der Waals surface area contributed by atoms with Crippen molar-refractivity contribution in [3.8, 4) is 0 Å². The number of unbranched alkanes of at least 4 members (excludes halogenated alkanes) is 28. The van der Waals surface area contributed by atoms with E-state index in [9.17, 15) is 14.7 Å². The van der Waals surface area contributed by atoms with Gasteiger partial charge in [0.25, 0.3) is 0 Å². The van der Waals surface area contributed by atoms with E-state index in [1.54, 1.807) is 0 Å². The van der Waals surface area contributed by atoms with Crippen LogP contribution < -0.4 is 0 Å². The number of benzene rings is 6. The van der Waals surface area contributed by atoms with Gasteiger partial charge in [0.1, 0.15) is 23.4 Å². The van der Waals surface area contributed by atoms with E-state index in [1.165, 1.54) is 167 Å². The molecule has 0 saturated carbocycles. The van der Waals surface area contributed by atoms with Crippen molar-refractivity contribution in [1.82, 2.24) is 0 Å². The first-order valence-electron chi connectivity index (χ1n) is 39.7. The van der Waals surface area contributed by atoms with Gasteiger partial charge < -0.3 is 38.3 Å². The van der Waals surface area contributed by atoms with E-state index in [1.807, 2.05) is 86.6 Å². The first-order chi connectivity index (χ1) is 49.8. The number of alkyl halides is 1. The van der Waals surface area contributed by atoms with Crippen LogP contribution in [0.2, 0.25) is 0 Å². The second-order valence-corrected chi connectivity index (χ2v) is 27.7. The molecule has 6 aromatic carbocycles. The number of carbonyl (C=O) groups is 2. The molecule has 0 fully saturated rings. The highest BCUT2D eigenvalue weighted by atomic mass is 79.9. The van der Waals surface area contributed by atoms with Gasteiger partial charge in [-0.25, -0.2) is 0 Å². The number of rotatable bonds is 58. The minimum atomic E-state index is -0.820. The van der Waals surface area contributed by atoms with Crippen LogP contribution in [-0.4, -0.2) is 94.0 Å². The van der Waals surface area contributed by atoms with Crippen LogP contribution in [0.1, 0.15) is 287 Å². The molecule has 6 rings (SSSR count). The smallest absolute Gasteiger partial charge is 0.305 e. The summed E-state index contributed by atoms with van der Waals surface area (Å²) in [5.74, 6) is -0.231. The van der Waals surface area contributed by atoms with Crippen LogP contribution in [0.3, 0.4) is 0 Å². The molecule has 2 unspecified atom stereocenters. The molecule has 11 heteroatoms. The number of carbonyl (C=O) groups excluding carboxylic acids is 2. The average molecular weight is 1470 g/mol. The highest BCUT2D eigenvalue weighted by molar-refractivity contribution is 9.09. The van der Waals surface area contributed by atoms with Crippen molar-refractivity contribution >= 4 is 27.9 Å². The number of aliphatic hydroxyl groups is 1. The van der Waals surface area contributed by atoms with Gasteiger partial charge in [-0.3, -0.25) is 9.59 Å². The summed E-state index contributed by atoms with van der Waals surface area (Å²) in [5, 5.41) is 11.8. The van der Waals surface area contributed by atoms with Crippen molar-refractivity contribution in [3.05, 3.63) is 215 Å². The summed E-state index contributed by atoms with van der Waals surface area (Å²) in [6.07, 6.45) is 41.1. The molecule has 0 radical (unpaired) electrons. The highest BCUT2D eigenvalue weighted by Gasteiger charge is 2.39. The fourth-order valence-corrected chi connectivity index (χ4v) is 13.2. The van der Waals surface area contributed by atoms with Crippen LogP contribution in [0.5, 0.6) is 0 Å². The monoisotopic (exact) mass is 1470 g/mol. The molecule has 2 atom stereocenters. The third kappa shape index (κ3) is 39.0. The maximum Gasteiger partial charge on any atom is 0.305 e. The van der Waals surface area contributed by atoms with Gasteiger partial charge in [-0.05, 0) is 85.8 Å². The normalized spacial score (nSPS) is 11.9. The number of hydrogen-bond donors (Lipinski definition) is 1. The Bertz CT molecular complexity index is 2620. The summed E-state index contributed by atoms with van der Waals surface area (Å²) in [4.78, 5) is 22.5. The number of esters is 2. The second-order valence-electron chi connectivity index (χ2n) is 26.9. The lowest BCUT2D eigenvalue weighted by atomic mass is 9.80. The van der Waals surface area contributed by atoms with Crippen molar-refractivity contribution < 1.29 is 47.9 Å². The second kappa shape index (κ2) is 61.8. The number of ether oxygens (including phenoxy) is 7. The van der Waals surface area contributed by atoms with E-state index in [4.69, 9.17) is 33.2 Å². The molecule has 6 aromatic rings. The summed E-state index contributed by atoms with van der Waals surface area (Å²) in [6.45, 7) is 12.4. The first kappa shape index (κ1) is 90.7. The molecule has 10 nitrogen and oxygen atoms in total. The van der Waals surface area contributed by atoms with E-state index in [0.29, 0.717) is 52.5 Å². The van der Waals surface area contributed by atoms with E-state index in [0.717, 1.165) is 83.8 Å². The zero-order chi connectivity index (χ0) is 72.0. The lowest BCUT2D eigenvalue weighted by Crippen LogP contribution is -2.37. The van der Waals surface area contributed by atoms with E-state index in [2.05, 4.69) is 139 Å². The van der Waals surface area contributed by atoms with Crippen LogP contribution >= 0.6 is 15.9 Å². The molecule has 1 N–H and O–H groups in total. The zero-order valence-corrected chi connectivity index (χ0v) is 64.7. The van der Waals surface area contributed by atoms with Crippen molar-refractivity contribution in [2.75, 3.05) is 64.8 Å². The van der Waals surface area contributed by atoms with Crippen molar-refractivity contribution in [2.24, 2.45) is 0 Å². The molecule has 0 aliphatic carbocycles. The topological polar surface area (TPSA) is 119 Å². The minimum absolute atomic E-state index is 0. The van der Waals surface area contributed by atoms with Crippen LogP contribution in [0.25, 0.3) is 0 Å². The van der Waals surface area contributed by atoms with Gasteiger partial charge >= 0.3 is 11.9 Å². The third-order valence-electron chi connectivity index (χ3n) is 18.5. The van der Waals surface area contributed by atoms with Gasteiger partial charge in [-0.15, -0.1) is 0 Å². The standard InChI is InChI=1S/C45H66O5.C38H54O3.C7H13BrO2.CH4/c1-3-5-6-7-8-9-10-11-12-13-14-15-16-27-36-47-38-43(49-37-28-26-35-44(46)48-4-2)39-50-45(40-29-20-17-21-30-40,41-31-22-18-23-32-41)42-33-24-19-25-34-42;1-2-3-4-5-6-7-8-9-10-11-12-13-14-24-31-40-32-37(39)33-41-38(34-25-18-15-19-26-34,35-27-20-16-21-28-35)36-29-22-17-23-30-36;1-2-10-7(9)5-3-4-6-8;/h17-25,29-34,43H,3-16,26-28,35-39H2,1-2H3;15-23,25-30,37,39H,2-14,24,31-33H2,1H3;2-6H2,1H3;1H4. The van der Waals surface area contributed by atoms with Gasteiger partial charge in [0.15, 0.2) is 0 Å². The Balaban J connectivity index is 0.000000469. The van der Waals surface area contributed by atoms with Crippen LogP contribution in [-0.2, 0) is 53.9 Å². The maximum absolute atomic E-state index is 11.8. The fourth-order valence-electron chi connectivity index (χ4n) is 12.9. The predicted molar refractivity (Wildman–Crippen MR) is 430 cm³/mol. The number of halogens is 1. The van der Waals surface area contributed by atoms with Crippen molar-refractivity contribution in [1.29, 1.82) is 0 Å². The first-order valence-corrected chi connectivity index (χ1v) is 40.8. The lowest BCUT2D eigenvalue weighted by Gasteiger charge is -2.37. The molecule has 0 spiro atoms. The Kier molecular flexibility index (Phi) is 54.9. The molecular weight excluding hydrogens is 1330 g/mol. The van der Waals surface area contributed by atoms with Crippen LogP contribution in [0.15, 0.2) is 182 Å². The highest BCUT2D eigenvalue weighted by Crippen LogP contribution is 2.42. The summed E-state index contributed by atoms with van der Waals surface area (Å²) >= 11 is 3.29. The van der Waals surface area contributed by atoms with Gasteiger partial charge in [-0.1, -0.05) is 386 Å². The average Bonchev–Trinajstić information content (AvgIpc) is 0.769. The maximum atomic E-state index is 11.8. The van der Waals surface area contributed by atoms with Gasteiger partial charge in [0.2, 0.25) is 0 Å². The fraction of sp³-hybridized carbons (Fsp3) is 0.582. The Morgan fingerprint density at radius 2 is 0.598 bits per heavy atom. The minimum Gasteiger partial charge on any atom is -0.466 e. The van der Waals surface area contributed by atoms with Crippen LogP contribution in [0, 0.1) is 0 Å². The summed E-state index contributed by atoms with van der Waals surface area (Å²) in [7, 11) is 0. The molecule has 102 heavy (non-hydrogen) atoms. The Morgan fingerprint density at radius 1 is 0.333 bits per heavy atom. The van der Waals surface area contributed by atoms with Crippen molar-refractivity contribution in [2.45, 2.75) is 277 Å². The zero-order valence-electron chi connectivity index (χ0n) is 63.1. The van der Waals surface area contributed by atoms with E-state index < -0.39 is 17.3 Å². The Hall–Kier alpha value is -5.50. The summed E-state index contributed by atoms with van der Waals surface area (Å²) < 4.78 is 42.1. The Labute approximate surface area is 629 Å². The largest absolute Gasteiger partial charge is 0.466 e.